The number of carbonyl (C=O) groups excluding carboxylic acids is 4. The number of rotatable bonds is 14. The van der Waals surface area contributed by atoms with Crippen LogP contribution in [0.1, 0.15) is 49.7 Å². The summed E-state index contributed by atoms with van der Waals surface area (Å²) in [5.74, 6) is -11.7. The average Bonchev–Trinajstić information content (AvgIpc) is 1.98. The van der Waals surface area contributed by atoms with Gasteiger partial charge in [-0.15, -0.1) is 0 Å². The third-order valence-electron chi connectivity index (χ3n) is 10.9. The highest BCUT2D eigenvalue weighted by atomic mass is 19.2. The zero-order valence-corrected chi connectivity index (χ0v) is 45.4. The number of ether oxygens (including phenoxy) is 8. The quantitative estimate of drug-likeness (QED) is 0.0434. The average molecular weight is 1250 g/mol. The predicted molar refractivity (Wildman–Crippen MR) is 284 cm³/mol. The lowest BCUT2D eigenvalue weighted by atomic mass is 10.0. The van der Waals surface area contributed by atoms with Crippen LogP contribution in [0.2, 0.25) is 0 Å². The first-order chi connectivity index (χ1) is 40.2. The highest BCUT2D eigenvalue weighted by Crippen LogP contribution is 2.31. The van der Waals surface area contributed by atoms with Crippen LogP contribution in [0.3, 0.4) is 0 Å². The van der Waals surface area contributed by atoms with Gasteiger partial charge in [-0.1, -0.05) is 7.43 Å². The molecule has 3 aliphatic rings. The SMILES string of the molecule is C.CCOC(=O)N[C@@H](COc1ccc(F)cc1F)C(=O)O.CCOC(=O)N[C@H]1COc2c(F)cc(F)cc2C1.CCOC(=O)N[C@H]1COc2c(F)cc(F)cc2C1=O.N[C@@H](COc1ccc(F)cc1F)C(=O)O.N[C@H]1COc2c(F)cc(F)cc2C1.O. The van der Waals surface area contributed by atoms with Gasteiger partial charge in [0.1, 0.15) is 74.2 Å². The molecular formula is C55H61F10N5O17. The first kappa shape index (κ1) is 73.8. The number of nitrogens with two attached hydrogens (primary N) is 2. The Balaban J connectivity index is 0.000000371. The van der Waals surface area contributed by atoms with Crippen molar-refractivity contribution in [3.05, 3.63) is 148 Å². The highest BCUT2D eigenvalue weighted by molar-refractivity contribution is 6.04. The summed E-state index contributed by atoms with van der Waals surface area (Å²) in [7, 11) is 0. The van der Waals surface area contributed by atoms with Gasteiger partial charge >= 0.3 is 30.2 Å². The summed E-state index contributed by atoms with van der Waals surface area (Å²) in [5.41, 5.74) is 11.4. The minimum Gasteiger partial charge on any atom is -0.489 e. The third kappa shape index (κ3) is 23.6. The van der Waals surface area contributed by atoms with Crippen LogP contribution in [0.15, 0.2) is 72.8 Å². The van der Waals surface area contributed by atoms with Crippen molar-refractivity contribution < 1.29 is 126 Å². The van der Waals surface area contributed by atoms with Gasteiger partial charge < -0.3 is 81.0 Å². The molecule has 0 saturated heterocycles. The Hall–Kier alpha value is -9.30. The maximum Gasteiger partial charge on any atom is 0.407 e. The predicted octanol–water partition coefficient (Wildman–Crippen LogP) is 7.01. The van der Waals surface area contributed by atoms with Gasteiger partial charge in [-0.25, -0.2) is 63.1 Å². The summed E-state index contributed by atoms with van der Waals surface area (Å²) in [6.07, 6.45) is -1.51. The smallest absolute Gasteiger partial charge is 0.407 e. The van der Waals surface area contributed by atoms with Crippen LogP contribution in [0.4, 0.5) is 58.3 Å². The van der Waals surface area contributed by atoms with Gasteiger partial charge in [-0.3, -0.25) is 9.59 Å². The monoisotopic (exact) mass is 1250 g/mol. The molecule has 87 heavy (non-hydrogen) atoms. The van der Waals surface area contributed by atoms with Crippen LogP contribution in [0.25, 0.3) is 0 Å². The topological polar surface area (TPSA) is 336 Å². The number of benzene rings is 5. The normalized spacial score (nSPS) is 15.3. The fourth-order valence-electron chi connectivity index (χ4n) is 7.17. The lowest BCUT2D eigenvalue weighted by molar-refractivity contribution is -0.140. The molecule has 11 N–H and O–H groups in total. The van der Waals surface area contributed by atoms with Gasteiger partial charge in [-0.2, -0.15) is 0 Å². The molecule has 0 spiro atoms. The van der Waals surface area contributed by atoms with Crippen molar-refractivity contribution >= 4 is 36.0 Å². The van der Waals surface area contributed by atoms with Crippen molar-refractivity contribution in [3.63, 3.8) is 0 Å². The van der Waals surface area contributed by atoms with E-state index in [0.717, 1.165) is 42.5 Å². The first-order valence-corrected chi connectivity index (χ1v) is 25.0. The van der Waals surface area contributed by atoms with Crippen LogP contribution < -0.4 is 51.1 Å². The number of hydrogen-bond acceptors (Lipinski definition) is 16. The molecule has 0 radical (unpaired) electrons. The summed E-state index contributed by atoms with van der Waals surface area (Å²) in [4.78, 5) is 66.7. The van der Waals surface area contributed by atoms with Gasteiger partial charge in [0.25, 0.3) is 0 Å². The molecule has 3 heterocycles. The Morgan fingerprint density at radius 2 is 1.00 bits per heavy atom. The van der Waals surface area contributed by atoms with Crippen LogP contribution in [0, 0.1) is 58.2 Å². The zero-order valence-electron chi connectivity index (χ0n) is 45.4. The summed E-state index contributed by atoms with van der Waals surface area (Å²) in [5, 5.41) is 24.2. The van der Waals surface area contributed by atoms with Gasteiger partial charge in [0.05, 0.1) is 31.4 Å². The summed E-state index contributed by atoms with van der Waals surface area (Å²) in [6.45, 7) is 4.62. The van der Waals surface area contributed by atoms with E-state index in [4.69, 9.17) is 50.1 Å². The highest BCUT2D eigenvalue weighted by Gasteiger charge is 2.33. The maximum absolute atomic E-state index is 13.4. The number of Topliss-reactive ketones (excluding diaryl/α,β-unsaturated/α-hetero) is 1. The number of halogens is 10. The van der Waals surface area contributed by atoms with Gasteiger partial charge in [0.2, 0.25) is 0 Å². The number of carbonyl (C=O) groups is 6. The van der Waals surface area contributed by atoms with E-state index in [1.165, 1.54) is 12.1 Å². The summed E-state index contributed by atoms with van der Waals surface area (Å²) < 4.78 is 169. The van der Waals surface area contributed by atoms with Crippen molar-refractivity contribution in [1.82, 2.24) is 16.0 Å². The fraction of sp³-hybridized carbons (Fsp3) is 0.345. The van der Waals surface area contributed by atoms with E-state index in [9.17, 15) is 72.7 Å². The maximum atomic E-state index is 13.4. The minimum absolute atomic E-state index is 0. The number of carboxylic acids is 2. The molecule has 22 nitrogen and oxygen atoms in total. The van der Waals surface area contributed by atoms with Crippen molar-refractivity contribution in [3.8, 4) is 28.7 Å². The number of ketones is 1. The zero-order chi connectivity index (χ0) is 63.1. The molecule has 0 fully saturated rings. The van der Waals surface area contributed by atoms with Crippen molar-refractivity contribution in [2.45, 2.75) is 71.2 Å². The number of aliphatic carboxylic acids is 2. The number of alkyl carbamates (subject to hydrolysis) is 3. The second-order valence-corrected chi connectivity index (χ2v) is 17.4. The van der Waals surface area contributed by atoms with Crippen LogP contribution in [-0.4, -0.2) is 135 Å². The van der Waals surface area contributed by atoms with Crippen molar-refractivity contribution in [2.75, 3.05) is 52.9 Å². The van der Waals surface area contributed by atoms with Crippen molar-refractivity contribution in [2.24, 2.45) is 11.5 Å². The second-order valence-electron chi connectivity index (χ2n) is 17.4. The van der Waals surface area contributed by atoms with Gasteiger partial charge in [0.15, 0.2) is 69.7 Å². The molecule has 478 valence electrons. The van der Waals surface area contributed by atoms with Crippen LogP contribution >= 0.6 is 0 Å². The lowest BCUT2D eigenvalue weighted by Crippen LogP contribution is -2.47. The van der Waals surface area contributed by atoms with Crippen LogP contribution in [0.5, 0.6) is 28.7 Å². The van der Waals surface area contributed by atoms with Gasteiger partial charge in [-0.05, 0) is 76.1 Å². The summed E-state index contributed by atoms with van der Waals surface area (Å²) in [6, 6.07) is 6.66. The molecular weight excluding hydrogens is 1190 g/mol. The number of fused-ring (bicyclic) bond motifs is 3. The minimum atomic E-state index is -1.42. The van der Waals surface area contributed by atoms with Crippen LogP contribution in [-0.2, 0) is 36.6 Å². The van der Waals surface area contributed by atoms with E-state index in [1.54, 1.807) is 20.8 Å². The lowest BCUT2D eigenvalue weighted by Gasteiger charge is -2.26. The van der Waals surface area contributed by atoms with E-state index < -0.39 is 119 Å². The van der Waals surface area contributed by atoms with E-state index in [1.807, 2.05) is 5.32 Å². The molecule has 0 saturated carbocycles. The molecule has 3 amide bonds. The molecule has 3 aliphatic heterocycles. The van der Waals surface area contributed by atoms with E-state index in [2.05, 4.69) is 20.1 Å². The Bertz CT molecular complexity index is 3150. The van der Waals surface area contributed by atoms with E-state index in [0.29, 0.717) is 42.2 Å². The number of amides is 3. The Morgan fingerprint density at radius 3 is 1.49 bits per heavy atom. The van der Waals surface area contributed by atoms with Gasteiger partial charge in [0, 0.05) is 47.5 Å². The van der Waals surface area contributed by atoms with E-state index in [-0.39, 0.29) is 106 Å². The Kier molecular flexibility index (Phi) is 30.4. The molecule has 0 aliphatic carbocycles. The molecule has 0 bridgehead atoms. The largest absolute Gasteiger partial charge is 0.489 e. The number of carboxylic acid groups (broad SMARTS) is 2. The standard InChI is InChI=1S/C12H13F2NO5.C12H11F2NO4.C12H13F2NO3.C9H9F2NO3.C9H9F2NO.CH4.H2O/c1-2-19-12(18)15-9(11(16)17)6-20-10-4-3-7(13)5-8(10)14;1-2-18-12(17)15-9-5-19-11-7(10(9)16)3-6(13)4-8(11)14;1-2-17-12(16)15-9-4-7-3-8(13)5-10(14)11(7)18-6-9;10-5-1-2-8(6(11)3-5)15-4-7(12)9(13)14;10-6-1-5-2-7(12)4-13-9(5)8(11)3-6;;/h3-5,9H,2,6H2,1H3,(H,15,18)(H,16,17);3-4,9H,2,5H2,1H3,(H,15,17);3,5,9H,2,4,6H2,1H3,(H,15,16);1-3,7H,4,12H2,(H,13,14);1,3,7H,2,4,12H2;1H4;1H2/t3*9-;2*7-;;/m00101../s1. The van der Waals surface area contributed by atoms with Crippen molar-refractivity contribution in [1.29, 1.82) is 0 Å². The molecule has 0 unspecified atom stereocenters. The summed E-state index contributed by atoms with van der Waals surface area (Å²) >= 11 is 0. The Labute approximate surface area is 489 Å². The first-order valence-electron chi connectivity index (χ1n) is 25.0. The number of nitrogens with one attached hydrogen (secondary N) is 3. The number of hydrogen-bond donors (Lipinski definition) is 7. The fourth-order valence-corrected chi connectivity index (χ4v) is 7.17. The van der Waals surface area contributed by atoms with E-state index >= 15 is 0 Å². The molecule has 0 aromatic heterocycles. The molecule has 5 aromatic carbocycles. The third-order valence-corrected chi connectivity index (χ3v) is 10.9. The molecule has 5 aromatic rings. The molecule has 8 rings (SSSR count). The Morgan fingerprint density at radius 1 is 0.563 bits per heavy atom. The molecule has 5 atom stereocenters. The second kappa shape index (κ2) is 35.9. The molecule has 32 heteroatoms.